The number of carbonyl (C=O) groups is 2. The summed E-state index contributed by atoms with van der Waals surface area (Å²) in [5, 5.41) is 3.71. The normalized spacial score (nSPS) is 23.2. The van der Waals surface area contributed by atoms with Crippen molar-refractivity contribution >= 4 is 33.4 Å². The lowest BCUT2D eigenvalue weighted by Gasteiger charge is -2.28. The van der Waals surface area contributed by atoms with Crippen LogP contribution in [0.1, 0.15) is 32.6 Å². The van der Waals surface area contributed by atoms with E-state index in [2.05, 4.69) is 21.1 Å². The van der Waals surface area contributed by atoms with Crippen LogP contribution in [0.25, 0.3) is 0 Å². The van der Waals surface area contributed by atoms with Gasteiger partial charge in [0.05, 0.1) is 18.0 Å². The molecule has 0 unspecified atom stereocenters. The average molecular weight is 350 g/mol. The molecule has 0 aliphatic heterocycles. The second kappa shape index (κ2) is 9.07. The van der Waals surface area contributed by atoms with Crippen LogP contribution in [0, 0.1) is 0 Å². The Morgan fingerprint density at radius 3 is 2.45 bits per heavy atom. The fourth-order valence-electron chi connectivity index (χ4n) is 2.04. The van der Waals surface area contributed by atoms with E-state index in [9.17, 15) is 9.59 Å². The molecule has 7 heteroatoms. The largest absolute Gasteiger partial charge is 0.461 e. The van der Waals surface area contributed by atoms with E-state index in [4.69, 9.17) is 14.3 Å². The van der Waals surface area contributed by atoms with Crippen molar-refractivity contribution in [2.75, 3.05) is 19.0 Å². The van der Waals surface area contributed by atoms with Gasteiger partial charge in [-0.1, -0.05) is 27.5 Å². The van der Waals surface area contributed by atoms with Gasteiger partial charge in [0.25, 0.3) is 0 Å². The topological polar surface area (TPSA) is 74.2 Å². The molecule has 1 fully saturated rings. The first-order chi connectivity index (χ1) is 9.63. The summed E-state index contributed by atoms with van der Waals surface area (Å²) in [6.07, 6.45) is 3.48. The molecule has 6 nitrogen and oxygen atoms in total. The Morgan fingerprint density at radius 2 is 1.90 bits per heavy atom. The van der Waals surface area contributed by atoms with Crippen LogP contribution in [0.5, 0.6) is 0 Å². The van der Waals surface area contributed by atoms with Gasteiger partial charge in [-0.2, -0.15) is 0 Å². The first kappa shape index (κ1) is 17.1. The van der Waals surface area contributed by atoms with Gasteiger partial charge >= 0.3 is 5.97 Å². The van der Waals surface area contributed by atoms with E-state index >= 15 is 0 Å². The van der Waals surface area contributed by atoms with Gasteiger partial charge in [-0.25, -0.2) is 4.79 Å². The van der Waals surface area contributed by atoms with Crippen LogP contribution in [0.2, 0.25) is 0 Å². The molecule has 0 spiro atoms. The number of halogens is 1. The summed E-state index contributed by atoms with van der Waals surface area (Å²) >= 11 is 3.01. The number of ketones is 1. The number of alkyl halides is 1. The van der Waals surface area contributed by atoms with Crippen molar-refractivity contribution in [3.8, 4) is 0 Å². The minimum atomic E-state index is -0.762. The molecule has 0 radical (unpaired) electrons. The highest BCUT2D eigenvalue weighted by molar-refractivity contribution is 9.09. The number of esters is 1. The molecular formula is C13H20BrNO5. The zero-order chi connectivity index (χ0) is 15.0. The van der Waals surface area contributed by atoms with Crippen molar-refractivity contribution in [1.82, 2.24) is 0 Å². The van der Waals surface area contributed by atoms with E-state index < -0.39 is 11.8 Å². The molecule has 2 atom stereocenters. The minimum absolute atomic E-state index is 0.00756. The standard InChI is InChI=1S/C13H20BrNO5/c1-3-19-13(17)12(9(16)8-14)15-20-11-7-5-4-6-10(11)18-2/h10-11H,3-8H2,1-2H3/t10-,11-/m1/s1. The first-order valence-corrected chi connectivity index (χ1v) is 7.79. The van der Waals surface area contributed by atoms with Gasteiger partial charge in [-0.15, -0.1) is 0 Å². The number of hydrogen-bond donors (Lipinski definition) is 0. The maximum atomic E-state index is 11.7. The van der Waals surface area contributed by atoms with Gasteiger partial charge in [-0.05, 0) is 26.2 Å². The van der Waals surface area contributed by atoms with E-state index in [1.807, 2.05) is 0 Å². The second-order valence-corrected chi connectivity index (χ2v) is 4.98. The molecule has 20 heavy (non-hydrogen) atoms. The van der Waals surface area contributed by atoms with E-state index in [-0.39, 0.29) is 29.9 Å². The van der Waals surface area contributed by atoms with Crippen molar-refractivity contribution in [3.05, 3.63) is 0 Å². The highest BCUT2D eigenvalue weighted by Crippen LogP contribution is 2.23. The highest BCUT2D eigenvalue weighted by atomic mass is 79.9. The Kier molecular flexibility index (Phi) is 7.76. The third-order valence-electron chi connectivity index (χ3n) is 3.08. The fraction of sp³-hybridized carbons (Fsp3) is 0.769. The van der Waals surface area contributed by atoms with Crippen molar-refractivity contribution in [3.63, 3.8) is 0 Å². The molecule has 1 aliphatic rings. The smallest absolute Gasteiger partial charge is 0.364 e. The Morgan fingerprint density at radius 1 is 1.25 bits per heavy atom. The van der Waals surface area contributed by atoms with Crippen LogP contribution >= 0.6 is 15.9 Å². The predicted octanol–water partition coefficient (Wildman–Crippen LogP) is 1.84. The Hall–Kier alpha value is -0.950. The molecule has 1 aliphatic carbocycles. The number of ether oxygens (including phenoxy) is 2. The number of carbonyl (C=O) groups excluding carboxylic acids is 2. The quantitative estimate of drug-likeness (QED) is 0.230. The summed E-state index contributed by atoms with van der Waals surface area (Å²) < 4.78 is 10.1. The Labute approximate surface area is 126 Å². The van der Waals surface area contributed by atoms with E-state index in [0.717, 1.165) is 25.7 Å². The third kappa shape index (κ3) is 4.86. The number of methoxy groups -OCH3 is 1. The second-order valence-electron chi connectivity index (χ2n) is 4.42. The van der Waals surface area contributed by atoms with Gasteiger partial charge < -0.3 is 14.3 Å². The van der Waals surface area contributed by atoms with E-state index in [1.165, 1.54) is 0 Å². The molecular weight excluding hydrogens is 330 g/mol. The van der Waals surface area contributed by atoms with E-state index in [0.29, 0.717) is 0 Å². The number of hydrogen-bond acceptors (Lipinski definition) is 6. The zero-order valence-electron chi connectivity index (χ0n) is 11.8. The number of nitrogens with zero attached hydrogens (tertiary/aromatic N) is 1. The fourth-order valence-corrected chi connectivity index (χ4v) is 2.30. The van der Waals surface area contributed by atoms with Crippen LogP contribution < -0.4 is 0 Å². The molecule has 0 aromatic heterocycles. The van der Waals surface area contributed by atoms with Gasteiger partial charge in [-0.3, -0.25) is 4.79 Å². The summed E-state index contributed by atoms with van der Waals surface area (Å²) in [7, 11) is 1.62. The average Bonchev–Trinajstić information content (AvgIpc) is 2.47. The van der Waals surface area contributed by atoms with Gasteiger partial charge in [0.15, 0.2) is 6.10 Å². The van der Waals surface area contributed by atoms with Gasteiger partial charge in [0, 0.05) is 7.11 Å². The molecule has 1 rings (SSSR count). The summed E-state index contributed by atoms with van der Waals surface area (Å²) in [6.45, 7) is 1.84. The van der Waals surface area contributed by atoms with Crippen molar-refractivity contribution in [2.45, 2.75) is 44.8 Å². The molecule has 0 heterocycles. The first-order valence-electron chi connectivity index (χ1n) is 6.66. The molecule has 0 N–H and O–H groups in total. The number of rotatable bonds is 7. The van der Waals surface area contributed by atoms with Crippen LogP contribution in [0.3, 0.4) is 0 Å². The van der Waals surface area contributed by atoms with Crippen LogP contribution in [-0.2, 0) is 23.9 Å². The third-order valence-corrected chi connectivity index (χ3v) is 3.59. The number of oxime groups is 1. The van der Waals surface area contributed by atoms with Crippen molar-refractivity contribution in [1.29, 1.82) is 0 Å². The lowest BCUT2D eigenvalue weighted by Crippen LogP contribution is -2.34. The molecule has 0 bridgehead atoms. The number of Topliss-reactive ketones (excluding diaryl/α,β-unsaturated/α-hetero) is 1. The molecule has 0 aromatic rings. The Bertz CT molecular complexity index is 372. The Balaban J connectivity index is 2.74. The van der Waals surface area contributed by atoms with E-state index in [1.54, 1.807) is 14.0 Å². The van der Waals surface area contributed by atoms with Crippen LogP contribution in [0.15, 0.2) is 5.16 Å². The van der Waals surface area contributed by atoms with Crippen LogP contribution in [-0.4, -0.2) is 48.7 Å². The summed E-state index contributed by atoms with van der Waals surface area (Å²) in [6, 6.07) is 0. The monoisotopic (exact) mass is 349 g/mol. The highest BCUT2D eigenvalue weighted by Gasteiger charge is 2.28. The maximum absolute atomic E-state index is 11.7. The van der Waals surface area contributed by atoms with Gasteiger partial charge in [0.2, 0.25) is 11.5 Å². The molecule has 1 saturated carbocycles. The summed E-state index contributed by atoms with van der Waals surface area (Å²) in [4.78, 5) is 28.7. The summed E-state index contributed by atoms with van der Waals surface area (Å²) in [5.41, 5.74) is -0.316. The molecule has 0 aromatic carbocycles. The van der Waals surface area contributed by atoms with Crippen molar-refractivity contribution < 1.29 is 23.9 Å². The van der Waals surface area contributed by atoms with Crippen molar-refractivity contribution in [2.24, 2.45) is 5.16 Å². The molecule has 0 amide bonds. The lowest BCUT2D eigenvalue weighted by molar-refractivity contribution is -0.136. The maximum Gasteiger partial charge on any atom is 0.364 e. The van der Waals surface area contributed by atoms with Crippen LogP contribution in [0.4, 0.5) is 0 Å². The molecule has 0 saturated heterocycles. The SMILES string of the molecule is CCOC(=O)C(=NO[C@@H]1CCCC[C@H]1OC)C(=O)CBr. The molecule has 114 valence electrons. The minimum Gasteiger partial charge on any atom is -0.461 e. The predicted molar refractivity (Wildman–Crippen MR) is 77.0 cm³/mol. The lowest BCUT2D eigenvalue weighted by atomic mass is 9.95. The summed E-state index contributed by atoms with van der Waals surface area (Å²) in [5.74, 6) is -1.23. The zero-order valence-corrected chi connectivity index (χ0v) is 13.3. The van der Waals surface area contributed by atoms with Gasteiger partial charge in [0.1, 0.15) is 0 Å².